The Hall–Kier alpha value is -1.26. The van der Waals surface area contributed by atoms with Gasteiger partial charge in [0.1, 0.15) is 0 Å². The molecule has 0 amide bonds. The Bertz CT molecular complexity index is 642. The van der Waals surface area contributed by atoms with Gasteiger partial charge in [0.15, 0.2) is 11.6 Å². The highest BCUT2D eigenvalue weighted by atomic mass is 79.9. The molecule has 2 aromatic rings. The van der Waals surface area contributed by atoms with Gasteiger partial charge in [-0.25, -0.2) is 8.78 Å². The maximum Gasteiger partial charge on any atom is 0.159 e. The molecule has 1 nitrogen and oxygen atoms in total. The normalized spacial score (nSPS) is 15.2. The van der Waals surface area contributed by atoms with E-state index in [0.29, 0.717) is 19.6 Å². The average Bonchev–Trinajstić information content (AvgIpc) is 2.90. The molecule has 1 aliphatic rings. The van der Waals surface area contributed by atoms with Crippen LogP contribution in [0.5, 0.6) is 0 Å². The topological polar surface area (TPSA) is 9.23 Å². The molecular weight excluding hydrogens is 326 g/mol. The number of fused-ring (bicyclic) bond motifs is 1. The summed E-state index contributed by atoms with van der Waals surface area (Å²) in [7, 11) is 0. The molecule has 0 aromatic heterocycles. The second-order valence-corrected chi connectivity index (χ2v) is 6.05. The highest BCUT2D eigenvalue weighted by Gasteiger charge is 2.15. The minimum absolute atomic E-state index is 0.0678. The minimum atomic E-state index is -0.811. The van der Waals surface area contributed by atoms with Crippen molar-refractivity contribution in [1.29, 1.82) is 0 Å². The zero-order valence-electron chi connectivity index (χ0n) is 10.7. The highest BCUT2D eigenvalue weighted by Crippen LogP contribution is 2.31. The first kappa shape index (κ1) is 13.7. The highest BCUT2D eigenvalue weighted by molar-refractivity contribution is 9.09. The first-order chi connectivity index (χ1) is 9.63. The van der Waals surface area contributed by atoms with Crippen LogP contribution in [0.3, 0.4) is 0 Å². The second kappa shape index (κ2) is 5.62. The first-order valence-corrected chi connectivity index (χ1v) is 7.32. The van der Waals surface area contributed by atoms with Crippen molar-refractivity contribution in [2.24, 2.45) is 0 Å². The smallest absolute Gasteiger partial charge is 0.159 e. The number of alkyl halides is 1. The van der Waals surface area contributed by atoms with Gasteiger partial charge < -0.3 is 4.74 Å². The lowest BCUT2D eigenvalue weighted by Gasteiger charge is -2.12. The molecule has 104 valence electrons. The zero-order chi connectivity index (χ0) is 14.1. The van der Waals surface area contributed by atoms with Crippen molar-refractivity contribution in [3.8, 4) is 0 Å². The van der Waals surface area contributed by atoms with E-state index in [2.05, 4.69) is 28.1 Å². The predicted molar refractivity (Wildman–Crippen MR) is 76.7 cm³/mol. The van der Waals surface area contributed by atoms with Gasteiger partial charge in [-0.3, -0.25) is 0 Å². The van der Waals surface area contributed by atoms with E-state index < -0.39 is 11.6 Å². The summed E-state index contributed by atoms with van der Waals surface area (Å²) in [6.07, 6.45) is 0.608. The third kappa shape index (κ3) is 2.76. The lowest BCUT2D eigenvalue weighted by atomic mass is 10.0. The molecule has 1 aliphatic heterocycles. The van der Waals surface area contributed by atoms with Crippen molar-refractivity contribution in [2.75, 3.05) is 0 Å². The van der Waals surface area contributed by atoms with E-state index in [0.717, 1.165) is 11.1 Å². The summed E-state index contributed by atoms with van der Waals surface area (Å²) in [6.45, 7) is 1.32. The van der Waals surface area contributed by atoms with Crippen LogP contribution >= 0.6 is 15.9 Å². The van der Waals surface area contributed by atoms with Gasteiger partial charge in [-0.1, -0.05) is 40.2 Å². The minimum Gasteiger partial charge on any atom is -0.372 e. The molecule has 0 bridgehead atoms. The quantitative estimate of drug-likeness (QED) is 0.738. The Labute approximate surface area is 124 Å². The summed E-state index contributed by atoms with van der Waals surface area (Å²) in [6, 6.07) is 10.3. The summed E-state index contributed by atoms with van der Waals surface area (Å²) >= 11 is 3.62. The maximum atomic E-state index is 13.2. The summed E-state index contributed by atoms with van der Waals surface area (Å²) in [5.41, 5.74) is 4.32. The van der Waals surface area contributed by atoms with E-state index in [9.17, 15) is 8.78 Å². The fourth-order valence-corrected chi connectivity index (χ4v) is 3.04. The van der Waals surface area contributed by atoms with Crippen molar-refractivity contribution >= 4 is 15.9 Å². The summed E-state index contributed by atoms with van der Waals surface area (Å²) < 4.78 is 31.5. The third-order valence-electron chi connectivity index (χ3n) is 3.51. The Morgan fingerprint density at radius 2 is 1.80 bits per heavy atom. The number of benzene rings is 2. The standard InChI is InChI=1S/C16H13BrF2O/c17-14(5-10-1-4-15(18)16(19)6-10)11-2-3-12-8-20-9-13(12)7-11/h1-4,6-7,14H,5,8-9H2. The summed E-state index contributed by atoms with van der Waals surface area (Å²) in [5.74, 6) is -1.61. The van der Waals surface area contributed by atoms with Crippen LogP contribution in [-0.2, 0) is 24.4 Å². The van der Waals surface area contributed by atoms with E-state index in [-0.39, 0.29) is 4.83 Å². The van der Waals surface area contributed by atoms with E-state index >= 15 is 0 Å². The van der Waals surface area contributed by atoms with Gasteiger partial charge >= 0.3 is 0 Å². The van der Waals surface area contributed by atoms with Gasteiger partial charge in [0.05, 0.1) is 13.2 Å². The number of rotatable bonds is 3. The van der Waals surface area contributed by atoms with Gasteiger partial charge in [-0.05, 0) is 40.8 Å². The van der Waals surface area contributed by atoms with E-state index in [1.165, 1.54) is 23.3 Å². The fourth-order valence-electron chi connectivity index (χ4n) is 2.38. The van der Waals surface area contributed by atoms with Crippen LogP contribution < -0.4 is 0 Å². The lowest BCUT2D eigenvalue weighted by Crippen LogP contribution is -1.98. The van der Waals surface area contributed by atoms with Gasteiger partial charge in [-0.15, -0.1) is 0 Å². The molecule has 1 unspecified atom stereocenters. The monoisotopic (exact) mass is 338 g/mol. The Kier molecular flexibility index (Phi) is 3.85. The van der Waals surface area contributed by atoms with Crippen LogP contribution in [0.25, 0.3) is 0 Å². The molecule has 3 rings (SSSR count). The van der Waals surface area contributed by atoms with Gasteiger partial charge in [0.2, 0.25) is 0 Å². The fraction of sp³-hybridized carbons (Fsp3) is 0.250. The Morgan fingerprint density at radius 3 is 2.60 bits per heavy atom. The van der Waals surface area contributed by atoms with Crippen LogP contribution in [0.15, 0.2) is 36.4 Å². The van der Waals surface area contributed by atoms with Crippen molar-refractivity contribution in [3.63, 3.8) is 0 Å². The largest absolute Gasteiger partial charge is 0.372 e. The zero-order valence-corrected chi connectivity index (χ0v) is 12.3. The maximum absolute atomic E-state index is 13.2. The molecule has 0 spiro atoms. The van der Waals surface area contributed by atoms with Gasteiger partial charge in [0.25, 0.3) is 0 Å². The molecule has 0 saturated carbocycles. The van der Waals surface area contributed by atoms with Crippen LogP contribution in [-0.4, -0.2) is 0 Å². The lowest BCUT2D eigenvalue weighted by molar-refractivity contribution is 0.134. The van der Waals surface area contributed by atoms with E-state index in [4.69, 9.17) is 4.74 Å². The van der Waals surface area contributed by atoms with Crippen LogP contribution in [0.2, 0.25) is 0 Å². The molecular formula is C16H13BrF2O. The molecule has 0 N–H and O–H groups in total. The Morgan fingerprint density at radius 1 is 1.00 bits per heavy atom. The molecule has 4 heteroatoms. The van der Waals surface area contributed by atoms with Crippen LogP contribution in [0.4, 0.5) is 8.78 Å². The molecule has 20 heavy (non-hydrogen) atoms. The molecule has 1 atom stereocenters. The number of hydrogen-bond donors (Lipinski definition) is 0. The third-order valence-corrected chi connectivity index (χ3v) is 4.36. The molecule has 0 aliphatic carbocycles. The van der Waals surface area contributed by atoms with Crippen LogP contribution in [0.1, 0.15) is 27.1 Å². The average molecular weight is 339 g/mol. The predicted octanol–water partition coefficient (Wildman–Crippen LogP) is 4.67. The molecule has 0 radical (unpaired) electrons. The molecule has 1 heterocycles. The van der Waals surface area contributed by atoms with E-state index in [1.54, 1.807) is 6.07 Å². The van der Waals surface area contributed by atoms with E-state index in [1.807, 2.05) is 6.07 Å². The van der Waals surface area contributed by atoms with Crippen molar-refractivity contribution < 1.29 is 13.5 Å². The SMILES string of the molecule is Fc1ccc(CC(Br)c2ccc3c(c2)COC3)cc1F. The van der Waals surface area contributed by atoms with Crippen molar-refractivity contribution in [2.45, 2.75) is 24.5 Å². The van der Waals surface area contributed by atoms with Crippen LogP contribution in [0, 0.1) is 11.6 Å². The number of halogens is 3. The summed E-state index contributed by atoms with van der Waals surface area (Å²) in [5, 5.41) is 0. The molecule has 0 saturated heterocycles. The van der Waals surface area contributed by atoms with Gasteiger partial charge in [0, 0.05) is 4.83 Å². The first-order valence-electron chi connectivity index (χ1n) is 6.41. The number of ether oxygens (including phenoxy) is 1. The Balaban J connectivity index is 1.78. The molecule has 2 aromatic carbocycles. The van der Waals surface area contributed by atoms with Crippen molar-refractivity contribution in [3.05, 3.63) is 70.3 Å². The molecule has 0 fully saturated rings. The second-order valence-electron chi connectivity index (χ2n) is 4.94. The number of hydrogen-bond acceptors (Lipinski definition) is 1. The van der Waals surface area contributed by atoms with Crippen molar-refractivity contribution in [1.82, 2.24) is 0 Å². The van der Waals surface area contributed by atoms with Gasteiger partial charge in [-0.2, -0.15) is 0 Å². The summed E-state index contributed by atoms with van der Waals surface area (Å²) in [4.78, 5) is 0.0678.